The summed E-state index contributed by atoms with van der Waals surface area (Å²) >= 11 is 1.35. The number of benzene rings is 2. The second-order valence-electron chi connectivity index (χ2n) is 6.64. The molecule has 0 atom stereocenters. The Balaban J connectivity index is 1.61. The van der Waals surface area contributed by atoms with Crippen molar-refractivity contribution in [2.75, 3.05) is 33.1 Å². The van der Waals surface area contributed by atoms with Crippen molar-refractivity contribution < 1.29 is 14.3 Å². The molecule has 30 heavy (non-hydrogen) atoms. The predicted molar refractivity (Wildman–Crippen MR) is 117 cm³/mol. The van der Waals surface area contributed by atoms with E-state index in [-0.39, 0.29) is 12.5 Å². The molecule has 8 heteroatoms. The van der Waals surface area contributed by atoms with Gasteiger partial charge in [-0.25, -0.2) is 4.98 Å². The van der Waals surface area contributed by atoms with Crippen LogP contribution in [0.3, 0.4) is 0 Å². The summed E-state index contributed by atoms with van der Waals surface area (Å²) in [5.41, 5.74) is 3.13. The van der Waals surface area contributed by atoms with Crippen LogP contribution in [0.25, 0.3) is 11.3 Å². The number of likely N-dealkylation sites (N-methyl/N-ethyl adjacent to an activating group) is 1. The first-order valence-electron chi connectivity index (χ1n) is 9.17. The van der Waals surface area contributed by atoms with Gasteiger partial charge in [-0.05, 0) is 36.9 Å². The molecular weight excluding hydrogens is 400 g/mol. The molecule has 0 aliphatic rings. The van der Waals surface area contributed by atoms with E-state index in [1.54, 1.807) is 26.4 Å². The number of carbonyl (C=O) groups is 1. The number of nitrogens with one attached hydrogen (secondary N) is 1. The molecule has 0 spiro atoms. The van der Waals surface area contributed by atoms with Crippen molar-refractivity contribution in [1.82, 2.24) is 9.88 Å². The van der Waals surface area contributed by atoms with Crippen LogP contribution in [-0.2, 0) is 11.3 Å². The van der Waals surface area contributed by atoms with E-state index in [4.69, 9.17) is 14.7 Å². The summed E-state index contributed by atoms with van der Waals surface area (Å²) in [6.07, 6.45) is 0. The molecule has 1 heterocycles. The lowest BCUT2D eigenvalue weighted by molar-refractivity contribution is -0.117. The van der Waals surface area contributed by atoms with Gasteiger partial charge in [0.2, 0.25) is 5.91 Å². The highest BCUT2D eigenvalue weighted by Gasteiger charge is 2.14. The smallest absolute Gasteiger partial charge is 0.240 e. The van der Waals surface area contributed by atoms with Crippen LogP contribution >= 0.6 is 11.3 Å². The summed E-state index contributed by atoms with van der Waals surface area (Å²) in [5.74, 6) is 1.19. The van der Waals surface area contributed by atoms with Crippen molar-refractivity contribution in [1.29, 1.82) is 5.26 Å². The fraction of sp³-hybridized carbons (Fsp3) is 0.227. The molecule has 1 aromatic heterocycles. The van der Waals surface area contributed by atoms with Crippen LogP contribution in [0.15, 0.2) is 47.8 Å². The topological polar surface area (TPSA) is 87.5 Å². The van der Waals surface area contributed by atoms with Gasteiger partial charge >= 0.3 is 0 Å². The van der Waals surface area contributed by atoms with Gasteiger partial charge < -0.3 is 14.8 Å². The van der Waals surface area contributed by atoms with Gasteiger partial charge in [0.1, 0.15) is 11.5 Å². The number of methoxy groups -OCH3 is 2. The van der Waals surface area contributed by atoms with Crippen LogP contribution in [-0.4, -0.2) is 43.6 Å². The Morgan fingerprint density at radius 3 is 2.80 bits per heavy atom. The molecule has 7 nitrogen and oxygen atoms in total. The lowest BCUT2D eigenvalue weighted by Crippen LogP contribution is -2.29. The lowest BCUT2D eigenvalue weighted by atomic mass is 10.1. The molecule has 1 amide bonds. The zero-order valence-corrected chi connectivity index (χ0v) is 17.8. The molecule has 0 fully saturated rings. The fourth-order valence-electron chi connectivity index (χ4n) is 2.98. The SMILES string of the molecule is COc1ccc(-c2csc(NC(=O)CN(C)Cc3cccc(C#N)c3)n2)c(OC)c1. The zero-order chi connectivity index (χ0) is 21.5. The first-order valence-corrected chi connectivity index (χ1v) is 10.1. The van der Waals surface area contributed by atoms with E-state index in [9.17, 15) is 4.79 Å². The molecule has 0 aliphatic heterocycles. The molecule has 3 rings (SSSR count). The molecule has 0 bridgehead atoms. The molecule has 2 aromatic carbocycles. The van der Waals surface area contributed by atoms with Crippen LogP contribution in [0.2, 0.25) is 0 Å². The van der Waals surface area contributed by atoms with Gasteiger partial charge in [0.05, 0.1) is 38.1 Å². The molecule has 0 radical (unpaired) electrons. The molecule has 0 saturated carbocycles. The fourth-order valence-corrected chi connectivity index (χ4v) is 3.70. The van der Waals surface area contributed by atoms with Gasteiger partial charge in [0, 0.05) is 23.6 Å². The first kappa shape index (κ1) is 21.3. The number of hydrogen-bond donors (Lipinski definition) is 1. The number of aromatic nitrogens is 1. The normalized spacial score (nSPS) is 10.5. The minimum absolute atomic E-state index is 0.156. The number of hydrogen-bond acceptors (Lipinski definition) is 7. The van der Waals surface area contributed by atoms with Crippen molar-refractivity contribution in [3.63, 3.8) is 0 Å². The van der Waals surface area contributed by atoms with Crippen molar-refractivity contribution in [2.24, 2.45) is 0 Å². The minimum atomic E-state index is -0.156. The predicted octanol–water partition coefficient (Wildman–Crippen LogP) is 3.77. The number of rotatable bonds is 8. The third-order valence-corrected chi connectivity index (χ3v) is 5.12. The molecule has 0 aliphatic carbocycles. The molecule has 3 aromatic rings. The van der Waals surface area contributed by atoms with Crippen LogP contribution < -0.4 is 14.8 Å². The van der Waals surface area contributed by atoms with Gasteiger partial charge in [-0.2, -0.15) is 5.26 Å². The van der Waals surface area contributed by atoms with Crippen LogP contribution in [0.1, 0.15) is 11.1 Å². The third kappa shape index (κ3) is 5.35. The highest BCUT2D eigenvalue weighted by atomic mass is 32.1. The molecule has 154 valence electrons. The van der Waals surface area contributed by atoms with Gasteiger partial charge in [0.25, 0.3) is 0 Å². The second kappa shape index (κ2) is 9.87. The summed E-state index contributed by atoms with van der Waals surface area (Å²) in [6.45, 7) is 0.770. The Hall–Kier alpha value is -3.41. The Labute approximate surface area is 179 Å². The number of anilines is 1. The van der Waals surface area contributed by atoms with Crippen LogP contribution in [0, 0.1) is 11.3 Å². The largest absolute Gasteiger partial charge is 0.497 e. The van der Waals surface area contributed by atoms with E-state index in [0.29, 0.717) is 28.7 Å². The van der Waals surface area contributed by atoms with Crippen molar-refractivity contribution in [3.8, 4) is 28.8 Å². The molecule has 0 saturated heterocycles. The summed E-state index contributed by atoms with van der Waals surface area (Å²) < 4.78 is 10.7. The van der Waals surface area contributed by atoms with Gasteiger partial charge in [-0.15, -0.1) is 11.3 Å². The Bertz CT molecular complexity index is 1070. The number of thiazole rings is 1. The van der Waals surface area contributed by atoms with Crippen molar-refractivity contribution >= 4 is 22.4 Å². The maximum Gasteiger partial charge on any atom is 0.240 e. The number of amides is 1. The van der Waals surface area contributed by atoms with Gasteiger partial charge in [0.15, 0.2) is 5.13 Å². The van der Waals surface area contributed by atoms with E-state index in [0.717, 1.165) is 16.8 Å². The van der Waals surface area contributed by atoms with Gasteiger partial charge in [-0.1, -0.05) is 12.1 Å². The number of nitrogens with zero attached hydrogens (tertiary/aromatic N) is 3. The monoisotopic (exact) mass is 422 g/mol. The average Bonchev–Trinajstić information content (AvgIpc) is 3.21. The van der Waals surface area contributed by atoms with E-state index in [2.05, 4.69) is 16.4 Å². The average molecular weight is 423 g/mol. The van der Waals surface area contributed by atoms with Crippen molar-refractivity contribution in [2.45, 2.75) is 6.54 Å². The van der Waals surface area contributed by atoms with E-state index in [1.807, 2.05) is 47.7 Å². The van der Waals surface area contributed by atoms with E-state index >= 15 is 0 Å². The van der Waals surface area contributed by atoms with Gasteiger partial charge in [-0.3, -0.25) is 9.69 Å². The number of nitriles is 1. The zero-order valence-electron chi connectivity index (χ0n) is 17.0. The summed E-state index contributed by atoms with van der Waals surface area (Å²) in [7, 11) is 5.05. The van der Waals surface area contributed by atoms with Crippen LogP contribution in [0.5, 0.6) is 11.5 Å². The maximum absolute atomic E-state index is 12.4. The maximum atomic E-state index is 12.4. The standard InChI is InChI=1S/C22H22N4O3S/c1-26(12-16-6-4-5-15(9-16)11-23)13-21(27)25-22-24-19(14-30-22)18-8-7-17(28-2)10-20(18)29-3/h4-10,14H,12-13H2,1-3H3,(H,24,25,27). The summed E-state index contributed by atoms with van der Waals surface area (Å²) in [5, 5.41) is 14.2. The molecule has 0 unspecified atom stereocenters. The Kier molecular flexibility index (Phi) is 7.01. The highest BCUT2D eigenvalue weighted by Crippen LogP contribution is 2.34. The molecule has 1 N–H and O–H groups in total. The van der Waals surface area contributed by atoms with Crippen molar-refractivity contribution in [3.05, 3.63) is 59.0 Å². The highest BCUT2D eigenvalue weighted by molar-refractivity contribution is 7.14. The third-order valence-electron chi connectivity index (χ3n) is 4.36. The summed E-state index contributed by atoms with van der Waals surface area (Å²) in [6, 6.07) is 15.0. The minimum Gasteiger partial charge on any atom is -0.497 e. The number of carbonyl (C=O) groups excluding carboxylic acids is 1. The van der Waals surface area contributed by atoms with E-state index in [1.165, 1.54) is 11.3 Å². The molecular formula is C22H22N4O3S. The Morgan fingerprint density at radius 2 is 2.07 bits per heavy atom. The first-order chi connectivity index (χ1) is 14.5. The number of ether oxygens (including phenoxy) is 2. The Morgan fingerprint density at radius 1 is 1.23 bits per heavy atom. The summed E-state index contributed by atoms with van der Waals surface area (Å²) in [4.78, 5) is 18.8. The lowest BCUT2D eigenvalue weighted by Gasteiger charge is -2.15. The van der Waals surface area contributed by atoms with Crippen LogP contribution in [0.4, 0.5) is 5.13 Å². The second-order valence-corrected chi connectivity index (χ2v) is 7.49. The quantitative estimate of drug-likeness (QED) is 0.595. The van der Waals surface area contributed by atoms with E-state index < -0.39 is 0 Å².